The van der Waals surface area contributed by atoms with Crippen molar-refractivity contribution in [2.75, 3.05) is 0 Å². The van der Waals surface area contributed by atoms with Crippen LogP contribution in [0.2, 0.25) is 0 Å². The fourth-order valence-electron chi connectivity index (χ4n) is 2.00. The molecule has 0 saturated carbocycles. The van der Waals surface area contributed by atoms with Gasteiger partial charge >= 0.3 is 5.97 Å². The molecule has 2 heterocycles. The summed E-state index contributed by atoms with van der Waals surface area (Å²) in [5, 5.41) is 11.8. The quantitative estimate of drug-likeness (QED) is 0.576. The fraction of sp³-hybridized carbons (Fsp3) is 0.133. The SMILES string of the molecule is C[C@@H](Sc1ncnc2scc(-c3ccc(F)cc3)c12)C(=O)O. The van der Waals surface area contributed by atoms with Crippen LogP contribution in [0, 0.1) is 5.82 Å². The normalized spacial score (nSPS) is 12.5. The summed E-state index contributed by atoms with van der Waals surface area (Å²) in [7, 11) is 0. The molecule has 112 valence electrons. The van der Waals surface area contributed by atoms with Crippen molar-refractivity contribution >= 4 is 39.3 Å². The third-order valence-corrected chi connectivity index (χ3v) is 5.10. The van der Waals surface area contributed by atoms with Crippen molar-refractivity contribution in [2.24, 2.45) is 0 Å². The molecule has 7 heteroatoms. The molecule has 0 aliphatic carbocycles. The van der Waals surface area contributed by atoms with Gasteiger partial charge in [0.1, 0.15) is 27.3 Å². The van der Waals surface area contributed by atoms with E-state index in [1.807, 2.05) is 5.38 Å². The lowest BCUT2D eigenvalue weighted by molar-refractivity contribution is -0.136. The zero-order valence-corrected chi connectivity index (χ0v) is 13.1. The molecule has 0 radical (unpaired) electrons. The minimum absolute atomic E-state index is 0.298. The van der Waals surface area contributed by atoms with Crippen molar-refractivity contribution in [3.8, 4) is 11.1 Å². The maximum absolute atomic E-state index is 13.1. The summed E-state index contributed by atoms with van der Waals surface area (Å²) in [6.45, 7) is 1.62. The number of fused-ring (bicyclic) bond motifs is 1. The lowest BCUT2D eigenvalue weighted by atomic mass is 10.1. The summed E-state index contributed by atoms with van der Waals surface area (Å²) < 4.78 is 13.1. The van der Waals surface area contributed by atoms with Gasteiger partial charge in [-0.1, -0.05) is 23.9 Å². The highest BCUT2D eigenvalue weighted by Gasteiger charge is 2.19. The summed E-state index contributed by atoms with van der Waals surface area (Å²) >= 11 is 2.64. The Balaban J connectivity index is 2.12. The lowest BCUT2D eigenvalue weighted by Gasteiger charge is -2.08. The number of carboxylic acids is 1. The number of nitrogens with zero attached hydrogens (tertiary/aromatic N) is 2. The Bertz CT molecular complexity index is 833. The molecule has 0 aliphatic rings. The standard InChI is InChI=1S/C15H11FN2O2S2/c1-8(15(19)20)22-14-12-11(6-21-13(12)17-7-18-14)9-2-4-10(16)5-3-9/h2-8H,1H3,(H,19,20)/t8-/m1/s1. The van der Waals surface area contributed by atoms with E-state index in [0.29, 0.717) is 5.03 Å². The van der Waals surface area contributed by atoms with E-state index in [9.17, 15) is 9.18 Å². The Labute approximate surface area is 134 Å². The van der Waals surface area contributed by atoms with E-state index in [2.05, 4.69) is 9.97 Å². The van der Waals surface area contributed by atoms with Crippen molar-refractivity contribution in [1.29, 1.82) is 0 Å². The topological polar surface area (TPSA) is 63.1 Å². The minimum Gasteiger partial charge on any atom is -0.480 e. The molecule has 0 bridgehead atoms. The van der Waals surface area contributed by atoms with Gasteiger partial charge in [0, 0.05) is 10.9 Å². The highest BCUT2D eigenvalue weighted by Crippen LogP contribution is 2.38. The second-order valence-corrected chi connectivity index (χ2v) is 6.80. The molecule has 3 rings (SSSR count). The first kappa shape index (κ1) is 14.9. The molecule has 2 aromatic heterocycles. The summed E-state index contributed by atoms with van der Waals surface area (Å²) in [5.41, 5.74) is 1.74. The van der Waals surface area contributed by atoms with Gasteiger partial charge in [0.25, 0.3) is 0 Å². The van der Waals surface area contributed by atoms with Crippen LogP contribution in [-0.2, 0) is 4.79 Å². The van der Waals surface area contributed by atoms with Crippen LogP contribution in [0.5, 0.6) is 0 Å². The van der Waals surface area contributed by atoms with Crippen molar-refractivity contribution in [3.05, 3.63) is 41.8 Å². The Morgan fingerprint density at radius 1 is 1.32 bits per heavy atom. The maximum atomic E-state index is 13.1. The molecular weight excluding hydrogens is 323 g/mol. The van der Waals surface area contributed by atoms with Gasteiger partial charge < -0.3 is 5.11 Å². The number of carboxylic acid groups (broad SMARTS) is 1. The average molecular weight is 334 g/mol. The smallest absolute Gasteiger partial charge is 0.316 e. The third kappa shape index (κ3) is 2.82. The van der Waals surface area contributed by atoms with Crippen molar-refractivity contribution in [2.45, 2.75) is 17.2 Å². The summed E-state index contributed by atoms with van der Waals surface area (Å²) in [4.78, 5) is 20.3. The molecule has 1 atom stereocenters. The number of carbonyl (C=O) groups is 1. The summed E-state index contributed by atoms with van der Waals surface area (Å²) in [5.74, 6) is -1.19. The van der Waals surface area contributed by atoms with E-state index in [1.165, 1.54) is 41.6 Å². The summed E-state index contributed by atoms with van der Waals surface area (Å²) in [6.07, 6.45) is 1.43. The molecule has 0 saturated heterocycles. The van der Waals surface area contributed by atoms with Crippen LogP contribution in [-0.4, -0.2) is 26.3 Å². The van der Waals surface area contributed by atoms with E-state index in [1.54, 1.807) is 19.1 Å². The largest absolute Gasteiger partial charge is 0.480 e. The van der Waals surface area contributed by atoms with Crippen LogP contribution >= 0.6 is 23.1 Å². The molecule has 0 amide bonds. The number of rotatable bonds is 4. The van der Waals surface area contributed by atoms with Gasteiger partial charge in [0.2, 0.25) is 0 Å². The second-order valence-electron chi connectivity index (χ2n) is 4.61. The van der Waals surface area contributed by atoms with Crippen LogP contribution in [0.4, 0.5) is 4.39 Å². The molecule has 3 aromatic rings. The number of hydrogen-bond donors (Lipinski definition) is 1. The first-order valence-electron chi connectivity index (χ1n) is 6.44. The first-order chi connectivity index (χ1) is 10.6. The highest BCUT2D eigenvalue weighted by molar-refractivity contribution is 8.00. The highest BCUT2D eigenvalue weighted by atomic mass is 32.2. The van der Waals surface area contributed by atoms with Gasteiger partial charge in [-0.05, 0) is 24.6 Å². The monoisotopic (exact) mass is 334 g/mol. The van der Waals surface area contributed by atoms with E-state index >= 15 is 0 Å². The van der Waals surface area contributed by atoms with Crippen LogP contribution < -0.4 is 0 Å². The van der Waals surface area contributed by atoms with Crippen LogP contribution in [0.25, 0.3) is 21.3 Å². The van der Waals surface area contributed by atoms with Crippen molar-refractivity contribution < 1.29 is 14.3 Å². The van der Waals surface area contributed by atoms with Crippen LogP contribution in [0.3, 0.4) is 0 Å². The van der Waals surface area contributed by atoms with Crippen LogP contribution in [0.15, 0.2) is 41.0 Å². The Morgan fingerprint density at radius 3 is 2.73 bits per heavy atom. The predicted molar refractivity (Wildman–Crippen MR) is 85.8 cm³/mol. The number of halogens is 1. The van der Waals surface area contributed by atoms with Gasteiger partial charge in [-0.2, -0.15) is 0 Å². The molecule has 4 nitrogen and oxygen atoms in total. The fourth-order valence-corrected chi connectivity index (χ4v) is 3.85. The average Bonchev–Trinajstić information content (AvgIpc) is 2.93. The number of aromatic nitrogens is 2. The van der Waals surface area contributed by atoms with Gasteiger partial charge in [-0.15, -0.1) is 11.3 Å². The number of thioether (sulfide) groups is 1. The second kappa shape index (κ2) is 6.02. The van der Waals surface area contributed by atoms with E-state index in [0.717, 1.165) is 21.3 Å². The number of aliphatic carboxylic acids is 1. The van der Waals surface area contributed by atoms with Gasteiger partial charge in [-0.25, -0.2) is 14.4 Å². The lowest BCUT2D eigenvalue weighted by Crippen LogP contribution is -2.11. The zero-order valence-electron chi connectivity index (χ0n) is 11.5. The number of thiophene rings is 1. The van der Waals surface area contributed by atoms with Gasteiger partial charge in [0.15, 0.2) is 0 Å². The Kier molecular flexibility index (Phi) is 4.08. The summed E-state index contributed by atoms with van der Waals surface area (Å²) in [6, 6.07) is 6.18. The molecule has 1 N–H and O–H groups in total. The van der Waals surface area contributed by atoms with E-state index in [-0.39, 0.29) is 5.82 Å². The Morgan fingerprint density at radius 2 is 2.05 bits per heavy atom. The molecule has 0 fully saturated rings. The minimum atomic E-state index is -0.893. The number of hydrogen-bond acceptors (Lipinski definition) is 5. The molecule has 0 unspecified atom stereocenters. The first-order valence-corrected chi connectivity index (χ1v) is 8.20. The third-order valence-electron chi connectivity index (χ3n) is 3.13. The molecule has 22 heavy (non-hydrogen) atoms. The number of benzene rings is 1. The molecule has 1 aromatic carbocycles. The van der Waals surface area contributed by atoms with Crippen molar-refractivity contribution in [1.82, 2.24) is 9.97 Å². The van der Waals surface area contributed by atoms with E-state index in [4.69, 9.17) is 5.11 Å². The van der Waals surface area contributed by atoms with Gasteiger partial charge in [-0.3, -0.25) is 4.79 Å². The zero-order chi connectivity index (χ0) is 15.7. The Hall–Kier alpha value is -1.99. The predicted octanol–water partition coefficient (Wildman–Crippen LogP) is 4.06. The van der Waals surface area contributed by atoms with E-state index < -0.39 is 11.2 Å². The molecular formula is C15H11FN2O2S2. The molecule has 0 aliphatic heterocycles. The van der Waals surface area contributed by atoms with Crippen molar-refractivity contribution in [3.63, 3.8) is 0 Å². The van der Waals surface area contributed by atoms with Gasteiger partial charge in [0.05, 0.1) is 5.39 Å². The molecule has 0 spiro atoms. The maximum Gasteiger partial charge on any atom is 0.316 e. The van der Waals surface area contributed by atoms with Crippen LogP contribution in [0.1, 0.15) is 6.92 Å².